The summed E-state index contributed by atoms with van der Waals surface area (Å²) < 4.78 is -1.50. The molecule has 78 valence electrons. The third-order valence-corrected chi connectivity index (χ3v) is 2.05. The van der Waals surface area contributed by atoms with Crippen LogP contribution >= 0.6 is 34.8 Å². The quantitative estimate of drug-likeness (QED) is 0.733. The number of carbonyl (C=O) groups is 1. The second-order valence-corrected chi connectivity index (χ2v) is 5.30. The van der Waals surface area contributed by atoms with E-state index in [9.17, 15) is 4.79 Å². The van der Waals surface area contributed by atoms with Crippen LogP contribution in [-0.4, -0.2) is 21.4 Å². The molecule has 0 spiro atoms. The Balaban J connectivity index is 4.03. The summed E-state index contributed by atoms with van der Waals surface area (Å²) in [5.41, 5.74) is 5.25. The first-order chi connectivity index (χ1) is 5.87. The predicted octanol–water partition coefficient (Wildman–Crippen LogP) is 2.19. The highest BCUT2D eigenvalue weighted by Crippen LogP contribution is 2.34. The van der Waals surface area contributed by atoms with E-state index in [0.29, 0.717) is 19.4 Å². The Bertz CT molecular complexity index is 170. The van der Waals surface area contributed by atoms with E-state index in [4.69, 9.17) is 45.6 Å². The molecule has 3 N–H and O–H groups in total. The Morgan fingerprint density at radius 3 is 2.31 bits per heavy atom. The van der Waals surface area contributed by atoms with Gasteiger partial charge in [-0.3, -0.25) is 4.79 Å². The normalized spacial score (nSPS) is 14.2. The first-order valence-corrected chi connectivity index (χ1v) is 5.00. The molecule has 13 heavy (non-hydrogen) atoms. The molecule has 0 fully saturated rings. The van der Waals surface area contributed by atoms with E-state index in [1.165, 1.54) is 0 Å². The molecule has 6 heteroatoms. The lowest BCUT2D eigenvalue weighted by atomic mass is 10.0. The van der Waals surface area contributed by atoms with Crippen molar-refractivity contribution < 1.29 is 9.90 Å². The summed E-state index contributed by atoms with van der Waals surface area (Å²) in [4.78, 5) is 10.7. The highest BCUT2D eigenvalue weighted by Gasteiger charge is 2.29. The van der Waals surface area contributed by atoms with E-state index < -0.39 is 15.7 Å². The van der Waals surface area contributed by atoms with Crippen molar-refractivity contribution in [1.29, 1.82) is 0 Å². The van der Waals surface area contributed by atoms with Crippen LogP contribution in [-0.2, 0) is 4.79 Å². The Kier molecular flexibility index (Phi) is 6.05. The van der Waals surface area contributed by atoms with Gasteiger partial charge in [-0.05, 0) is 19.4 Å². The number of nitrogens with two attached hydrogens (primary N) is 1. The lowest BCUT2D eigenvalue weighted by Crippen LogP contribution is -2.21. The number of aliphatic carboxylic acids is 1. The summed E-state index contributed by atoms with van der Waals surface area (Å²) in [6.45, 7) is 0.448. The maximum atomic E-state index is 10.7. The molecule has 1 atom stereocenters. The largest absolute Gasteiger partial charge is 0.481 e. The number of hydrogen-bond donors (Lipinski definition) is 2. The summed E-state index contributed by atoms with van der Waals surface area (Å²) in [5.74, 6) is -1.57. The molecule has 0 bridgehead atoms. The van der Waals surface area contributed by atoms with Crippen molar-refractivity contribution in [3.8, 4) is 0 Å². The molecule has 0 rings (SSSR count). The van der Waals surface area contributed by atoms with Crippen molar-refractivity contribution in [2.45, 2.75) is 23.1 Å². The van der Waals surface area contributed by atoms with Gasteiger partial charge < -0.3 is 10.8 Å². The summed E-state index contributed by atoms with van der Waals surface area (Å²) in [6.07, 6.45) is 1.09. The maximum Gasteiger partial charge on any atom is 0.306 e. The van der Waals surface area contributed by atoms with Crippen molar-refractivity contribution in [3.63, 3.8) is 0 Å². The second-order valence-electron chi connectivity index (χ2n) is 2.79. The van der Waals surface area contributed by atoms with Gasteiger partial charge >= 0.3 is 5.97 Å². The molecule has 0 aromatic rings. The predicted molar refractivity (Wildman–Crippen MR) is 54.3 cm³/mol. The Morgan fingerprint density at radius 1 is 1.46 bits per heavy atom. The molecule has 0 heterocycles. The van der Waals surface area contributed by atoms with Gasteiger partial charge in [0.25, 0.3) is 0 Å². The van der Waals surface area contributed by atoms with E-state index >= 15 is 0 Å². The van der Waals surface area contributed by atoms with Crippen LogP contribution in [0.5, 0.6) is 0 Å². The van der Waals surface area contributed by atoms with Gasteiger partial charge in [0.1, 0.15) is 0 Å². The molecule has 0 radical (unpaired) electrons. The number of carboxylic acid groups (broad SMARTS) is 1. The minimum absolute atomic E-state index is 0.0208. The van der Waals surface area contributed by atoms with Crippen LogP contribution in [0.1, 0.15) is 19.3 Å². The number of halogens is 3. The van der Waals surface area contributed by atoms with Crippen molar-refractivity contribution in [2.24, 2.45) is 11.7 Å². The van der Waals surface area contributed by atoms with E-state index in [1.54, 1.807) is 0 Å². The lowest BCUT2D eigenvalue weighted by Gasteiger charge is -2.16. The van der Waals surface area contributed by atoms with Crippen LogP contribution in [0.2, 0.25) is 0 Å². The number of hydrogen-bond acceptors (Lipinski definition) is 2. The molecule has 3 nitrogen and oxygen atoms in total. The molecule has 0 aromatic heterocycles. The van der Waals surface area contributed by atoms with Crippen LogP contribution in [0, 0.1) is 5.92 Å². The zero-order valence-corrected chi connectivity index (χ0v) is 9.24. The highest BCUT2D eigenvalue weighted by atomic mass is 35.6. The van der Waals surface area contributed by atoms with Gasteiger partial charge in [0.05, 0.1) is 5.92 Å². The van der Waals surface area contributed by atoms with Crippen molar-refractivity contribution in [1.82, 2.24) is 0 Å². The monoisotopic (exact) mass is 247 g/mol. The zero-order valence-electron chi connectivity index (χ0n) is 6.97. The molecule has 0 aliphatic rings. The average molecular weight is 249 g/mol. The third-order valence-electron chi connectivity index (χ3n) is 1.58. The van der Waals surface area contributed by atoms with Crippen LogP contribution in [0.15, 0.2) is 0 Å². The number of alkyl halides is 3. The maximum absolute atomic E-state index is 10.7. The van der Waals surface area contributed by atoms with Gasteiger partial charge in [0.15, 0.2) is 3.79 Å². The van der Waals surface area contributed by atoms with Gasteiger partial charge in [0, 0.05) is 6.42 Å². The van der Waals surface area contributed by atoms with Gasteiger partial charge in [-0.2, -0.15) is 0 Å². The Labute approximate surface area is 92.1 Å². The number of rotatable bonds is 5. The van der Waals surface area contributed by atoms with Gasteiger partial charge in [0.2, 0.25) is 0 Å². The fraction of sp³-hybridized carbons (Fsp3) is 0.857. The fourth-order valence-electron chi connectivity index (χ4n) is 0.956. The van der Waals surface area contributed by atoms with E-state index in [0.717, 1.165) is 0 Å². The molecule has 0 saturated carbocycles. The third kappa shape index (κ3) is 7.38. The molecule has 0 aliphatic heterocycles. The fourth-order valence-corrected chi connectivity index (χ4v) is 1.52. The molecule has 0 amide bonds. The Hall–Kier alpha value is 0.300. The van der Waals surface area contributed by atoms with E-state index in [1.807, 2.05) is 0 Å². The van der Waals surface area contributed by atoms with Crippen LogP contribution in [0.3, 0.4) is 0 Å². The summed E-state index contributed by atoms with van der Waals surface area (Å²) in [7, 11) is 0. The van der Waals surface area contributed by atoms with Crippen molar-refractivity contribution >= 4 is 40.8 Å². The molecule has 1 unspecified atom stereocenters. The topological polar surface area (TPSA) is 63.3 Å². The highest BCUT2D eigenvalue weighted by molar-refractivity contribution is 6.67. The molecular weight excluding hydrogens is 236 g/mol. The zero-order chi connectivity index (χ0) is 10.5. The summed E-state index contributed by atoms with van der Waals surface area (Å²) in [6, 6.07) is 0. The lowest BCUT2D eigenvalue weighted by molar-refractivity contribution is -0.142. The SMILES string of the molecule is NCCCC(CC(Cl)(Cl)Cl)C(=O)O. The van der Waals surface area contributed by atoms with Crippen LogP contribution in [0.25, 0.3) is 0 Å². The summed E-state index contributed by atoms with van der Waals surface area (Å²) >= 11 is 16.5. The average Bonchev–Trinajstić information content (AvgIpc) is 1.95. The minimum atomic E-state index is -1.50. The first kappa shape index (κ1) is 13.3. The van der Waals surface area contributed by atoms with Gasteiger partial charge in [-0.15, -0.1) is 0 Å². The van der Waals surface area contributed by atoms with Gasteiger partial charge in [-0.25, -0.2) is 0 Å². The van der Waals surface area contributed by atoms with Crippen LogP contribution in [0.4, 0.5) is 0 Å². The Morgan fingerprint density at radius 2 is 2.00 bits per heavy atom. The van der Waals surface area contributed by atoms with Crippen LogP contribution < -0.4 is 5.73 Å². The minimum Gasteiger partial charge on any atom is -0.481 e. The standard InChI is InChI=1S/C7H12Cl3NO2/c8-7(9,10)4-5(6(12)13)2-1-3-11/h5H,1-4,11H2,(H,12,13). The van der Waals surface area contributed by atoms with E-state index in [2.05, 4.69) is 0 Å². The number of carboxylic acids is 1. The summed E-state index contributed by atoms with van der Waals surface area (Å²) in [5, 5.41) is 8.75. The molecule has 0 aromatic carbocycles. The first-order valence-electron chi connectivity index (χ1n) is 3.86. The van der Waals surface area contributed by atoms with E-state index in [-0.39, 0.29) is 6.42 Å². The smallest absolute Gasteiger partial charge is 0.306 e. The molecular formula is C7H12Cl3NO2. The second kappa shape index (κ2) is 5.91. The molecule has 0 aliphatic carbocycles. The van der Waals surface area contributed by atoms with Crippen molar-refractivity contribution in [2.75, 3.05) is 6.54 Å². The van der Waals surface area contributed by atoms with Crippen molar-refractivity contribution in [3.05, 3.63) is 0 Å². The van der Waals surface area contributed by atoms with Gasteiger partial charge in [-0.1, -0.05) is 34.8 Å². The molecule has 0 saturated heterocycles.